The van der Waals surface area contributed by atoms with Crippen molar-refractivity contribution in [3.8, 4) is 0 Å². The third-order valence-electron chi connectivity index (χ3n) is 5.30. The number of non-ortho nitro benzene ring substituents is 1. The monoisotopic (exact) mass is 411 g/mol. The molecule has 0 aliphatic carbocycles. The molecule has 2 N–H and O–H groups in total. The van der Waals surface area contributed by atoms with E-state index >= 15 is 0 Å². The summed E-state index contributed by atoms with van der Waals surface area (Å²) in [6.45, 7) is 4.42. The van der Waals surface area contributed by atoms with Gasteiger partial charge in [0.15, 0.2) is 0 Å². The Morgan fingerprint density at radius 2 is 1.93 bits per heavy atom. The standard InChI is InChI=1S/C22H25N3O5/c1-14(2)16-4-3-5-19(10-16)24-13-17(11-21(24)27)22(28)23-12-20(26)15-6-8-18(9-7-15)25(29)30/h3-10,14,17,20,26H,11-13H2,1-2H3,(H,23,28). The maximum absolute atomic E-state index is 12.5. The Morgan fingerprint density at radius 3 is 2.57 bits per heavy atom. The smallest absolute Gasteiger partial charge is 0.269 e. The van der Waals surface area contributed by atoms with Crippen molar-refractivity contribution in [2.24, 2.45) is 5.92 Å². The zero-order valence-corrected chi connectivity index (χ0v) is 16.9. The van der Waals surface area contributed by atoms with Gasteiger partial charge in [-0.3, -0.25) is 19.7 Å². The van der Waals surface area contributed by atoms with E-state index in [1.165, 1.54) is 24.3 Å². The number of carbonyl (C=O) groups excluding carboxylic acids is 2. The summed E-state index contributed by atoms with van der Waals surface area (Å²) in [5, 5.41) is 23.6. The molecule has 8 heteroatoms. The van der Waals surface area contributed by atoms with Crippen LogP contribution in [-0.4, -0.2) is 34.9 Å². The molecule has 0 saturated carbocycles. The molecule has 1 aliphatic rings. The predicted molar refractivity (Wildman–Crippen MR) is 112 cm³/mol. The Bertz CT molecular complexity index is 942. The minimum absolute atomic E-state index is 0.0375. The van der Waals surface area contributed by atoms with E-state index in [0.29, 0.717) is 18.0 Å². The minimum Gasteiger partial charge on any atom is -0.387 e. The molecular formula is C22H25N3O5. The van der Waals surface area contributed by atoms with Crippen molar-refractivity contribution in [1.29, 1.82) is 0 Å². The lowest BCUT2D eigenvalue weighted by molar-refractivity contribution is -0.384. The molecule has 2 atom stereocenters. The number of benzene rings is 2. The third-order valence-corrected chi connectivity index (χ3v) is 5.30. The second-order valence-corrected chi connectivity index (χ2v) is 7.76. The summed E-state index contributed by atoms with van der Waals surface area (Å²) in [5.74, 6) is -0.564. The van der Waals surface area contributed by atoms with Crippen LogP contribution in [0.2, 0.25) is 0 Å². The number of nitrogens with one attached hydrogen (secondary N) is 1. The van der Waals surface area contributed by atoms with E-state index in [2.05, 4.69) is 19.2 Å². The van der Waals surface area contributed by atoms with Crippen molar-refractivity contribution in [3.63, 3.8) is 0 Å². The van der Waals surface area contributed by atoms with Crippen molar-refractivity contribution in [1.82, 2.24) is 5.32 Å². The first kappa shape index (κ1) is 21.4. The maximum Gasteiger partial charge on any atom is 0.269 e. The van der Waals surface area contributed by atoms with Crippen LogP contribution in [0.1, 0.15) is 43.4 Å². The summed E-state index contributed by atoms with van der Waals surface area (Å²) in [5.41, 5.74) is 2.31. The lowest BCUT2D eigenvalue weighted by Crippen LogP contribution is -2.35. The molecule has 0 spiro atoms. The Morgan fingerprint density at radius 1 is 1.23 bits per heavy atom. The van der Waals surface area contributed by atoms with Crippen molar-refractivity contribution in [2.75, 3.05) is 18.0 Å². The van der Waals surface area contributed by atoms with Gasteiger partial charge in [0.1, 0.15) is 0 Å². The van der Waals surface area contributed by atoms with E-state index in [9.17, 15) is 24.8 Å². The topological polar surface area (TPSA) is 113 Å². The molecule has 2 aromatic rings. The normalized spacial score (nSPS) is 17.3. The van der Waals surface area contributed by atoms with Gasteiger partial charge in [-0.05, 0) is 41.3 Å². The highest BCUT2D eigenvalue weighted by molar-refractivity contribution is 6.00. The van der Waals surface area contributed by atoms with Gasteiger partial charge in [-0.25, -0.2) is 0 Å². The molecule has 1 aliphatic heterocycles. The molecule has 1 fully saturated rings. The maximum atomic E-state index is 12.5. The molecule has 3 rings (SSSR count). The highest BCUT2D eigenvalue weighted by Gasteiger charge is 2.35. The van der Waals surface area contributed by atoms with E-state index in [4.69, 9.17) is 0 Å². The van der Waals surface area contributed by atoms with Crippen LogP contribution < -0.4 is 10.2 Å². The summed E-state index contributed by atoms with van der Waals surface area (Å²) in [4.78, 5) is 36.8. The first-order chi connectivity index (χ1) is 14.3. The quantitative estimate of drug-likeness (QED) is 0.537. The van der Waals surface area contributed by atoms with Gasteiger partial charge in [-0.2, -0.15) is 0 Å². The molecule has 0 radical (unpaired) electrons. The Hall–Kier alpha value is -3.26. The van der Waals surface area contributed by atoms with Gasteiger partial charge in [0, 0.05) is 37.3 Å². The predicted octanol–water partition coefficient (Wildman–Crippen LogP) is 2.92. The molecule has 0 bridgehead atoms. The highest BCUT2D eigenvalue weighted by Crippen LogP contribution is 2.28. The lowest BCUT2D eigenvalue weighted by atomic mass is 10.0. The minimum atomic E-state index is -0.995. The van der Waals surface area contributed by atoms with E-state index in [0.717, 1.165) is 11.3 Å². The van der Waals surface area contributed by atoms with Crippen LogP contribution in [-0.2, 0) is 9.59 Å². The van der Waals surface area contributed by atoms with E-state index in [1.54, 1.807) is 4.90 Å². The SMILES string of the molecule is CC(C)c1cccc(N2CC(C(=O)NCC(O)c3ccc([N+](=O)[O-])cc3)CC2=O)c1. The van der Waals surface area contributed by atoms with Gasteiger partial charge >= 0.3 is 0 Å². The molecule has 30 heavy (non-hydrogen) atoms. The molecule has 2 unspecified atom stereocenters. The van der Waals surface area contributed by atoms with Gasteiger partial charge in [0.2, 0.25) is 11.8 Å². The van der Waals surface area contributed by atoms with Crippen LogP contribution in [0.25, 0.3) is 0 Å². The number of nitro groups is 1. The Balaban J connectivity index is 1.58. The number of aliphatic hydroxyl groups excluding tert-OH is 1. The van der Waals surface area contributed by atoms with Crippen molar-refractivity contribution in [2.45, 2.75) is 32.3 Å². The van der Waals surface area contributed by atoms with Crippen LogP contribution in [0.5, 0.6) is 0 Å². The van der Waals surface area contributed by atoms with Gasteiger partial charge in [-0.15, -0.1) is 0 Å². The largest absolute Gasteiger partial charge is 0.387 e. The summed E-state index contributed by atoms with van der Waals surface area (Å²) in [6, 6.07) is 13.3. The fourth-order valence-corrected chi connectivity index (χ4v) is 3.46. The van der Waals surface area contributed by atoms with Gasteiger partial charge in [-0.1, -0.05) is 26.0 Å². The van der Waals surface area contributed by atoms with Crippen molar-refractivity contribution >= 4 is 23.2 Å². The van der Waals surface area contributed by atoms with E-state index in [-0.39, 0.29) is 30.5 Å². The number of nitrogens with zero attached hydrogens (tertiary/aromatic N) is 2. The number of hydrogen-bond acceptors (Lipinski definition) is 5. The second-order valence-electron chi connectivity index (χ2n) is 7.76. The van der Waals surface area contributed by atoms with Gasteiger partial charge in [0.05, 0.1) is 16.9 Å². The summed E-state index contributed by atoms with van der Waals surface area (Å²) < 4.78 is 0. The van der Waals surface area contributed by atoms with E-state index in [1.807, 2.05) is 24.3 Å². The molecule has 2 amide bonds. The number of nitro benzene ring substituents is 1. The van der Waals surface area contributed by atoms with Gasteiger partial charge < -0.3 is 15.3 Å². The molecule has 1 saturated heterocycles. The van der Waals surface area contributed by atoms with Crippen LogP contribution >= 0.6 is 0 Å². The zero-order valence-electron chi connectivity index (χ0n) is 16.9. The molecule has 158 valence electrons. The Kier molecular flexibility index (Phi) is 6.47. The number of aliphatic hydroxyl groups is 1. The first-order valence-electron chi connectivity index (χ1n) is 9.86. The van der Waals surface area contributed by atoms with Crippen LogP contribution in [0.3, 0.4) is 0 Å². The average Bonchev–Trinajstić information content (AvgIpc) is 3.13. The number of anilines is 1. The summed E-state index contributed by atoms with van der Waals surface area (Å²) in [6.07, 6.45) is -0.878. The molecule has 2 aromatic carbocycles. The second kappa shape index (κ2) is 9.04. The van der Waals surface area contributed by atoms with Crippen LogP contribution in [0.15, 0.2) is 48.5 Å². The van der Waals surface area contributed by atoms with Crippen LogP contribution in [0, 0.1) is 16.0 Å². The summed E-state index contributed by atoms with van der Waals surface area (Å²) in [7, 11) is 0. The summed E-state index contributed by atoms with van der Waals surface area (Å²) >= 11 is 0. The fraction of sp³-hybridized carbons (Fsp3) is 0.364. The highest BCUT2D eigenvalue weighted by atomic mass is 16.6. The average molecular weight is 411 g/mol. The van der Waals surface area contributed by atoms with Crippen molar-refractivity contribution < 1.29 is 19.6 Å². The molecular weight excluding hydrogens is 386 g/mol. The Labute approximate surface area is 174 Å². The molecule has 0 aromatic heterocycles. The van der Waals surface area contributed by atoms with Gasteiger partial charge in [0.25, 0.3) is 5.69 Å². The number of amides is 2. The zero-order chi connectivity index (χ0) is 21.8. The lowest BCUT2D eigenvalue weighted by Gasteiger charge is -2.19. The number of carbonyl (C=O) groups is 2. The number of hydrogen-bond donors (Lipinski definition) is 2. The van der Waals surface area contributed by atoms with E-state index < -0.39 is 16.9 Å². The van der Waals surface area contributed by atoms with Crippen LogP contribution in [0.4, 0.5) is 11.4 Å². The van der Waals surface area contributed by atoms with Crippen molar-refractivity contribution in [3.05, 3.63) is 69.8 Å². The first-order valence-corrected chi connectivity index (χ1v) is 9.86. The molecule has 1 heterocycles. The third kappa shape index (κ3) is 4.83. The molecule has 8 nitrogen and oxygen atoms in total. The number of rotatable bonds is 7. The fourth-order valence-electron chi connectivity index (χ4n) is 3.46.